The third-order valence-electron chi connectivity index (χ3n) is 5.60. The third kappa shape index (κ3) is 4.63. The molecule has 0 radical (unpaired) electrons. The summed E-state index contributed by atoms with van der Waals surface area (Å²) < 4.78 is 17.2. The minimum Gasteiger partial charge on any atom is -0.468 e. The molecule has 1 spiro atoms. The maximum atomic E-state index is 11.6. The van der Waals surface area contributed by atoms with Crippen molar-refractivity contribution in [2.75, 3.05) is 47.0 Å². The number of rotatable bonds is 7. The van der Waals surface area contributed by atoms with Crippen molar-refractivity contribution >= 4 is 5.91 Å². The molecular weight excluding hydrogens is 320 g/mol. The summed E-state index contributed by atoms with van der Waals surface area (Å²) in [6.45, 7) is 4.60. The van der Waals surface area contributed by atoms with E-state index in [0.717, 1.165) is 57.7 Å². The van der Waals surface area contributed by atoms with Crippen LogP contribution in [0.25, 0.3) is 0 Å². The molecular formula is C19H30N2O4. The molecule has 6 nitrogen and oxygen atoms in total. The van der Waals surface area contributed by atoms with Gasteiger partial charge in [0.1, 0.15) is 12.4 Å². The molecule has 3 heterocycles. The second kappa shape index (κ2) is 8.34. The maximum Gasteiger partial charge on any atom is 0.248 e. The Balaban J connectivity index is 1.43. The highest BCUT2D eigenvalue weighted by atomic mass is 16.5. The number of likely N-dealkylation sites (N-methyl/N-ethyl adjacent to an activating group) is 1. The predicted molar refractivity (Wildman–Crippen MR) is 94.1 cm³/mol. The monoisotopic (exact) mass is 350 g/mol. The zero-order chi connectivity index (χ0) is 17.7. The van der Waals surface area contributed by atoms with Crippen molar-refractivity contribution in [3.63, 3.8) is 0 Å². The molecule has 140 valence electrons. The summed E-state index contributed by atoms with van der Waals surface area (Å²) in [5, 5.41) is 0. The Labute approximate surface area is 150 Å². The van der Waals surface area contributed by atoms with Crippen LogP contribution in [-0.2, 0) is 20.8 Å². The molecule has 0 bridgehead atoms. The molecule has 2 saturated heterocycles. The molecule has 0 N–H and O–H groups in total. The first-order valence-electron chi connectivity index (χ1n) is 9.26. The largest absolute Gasteiger partial charge is 0.468 e. The second-order valence-corrected chi connectivity index (χ2v) is 7.38. The SMILES string of the molecule is CN(C)C(=O)COCCC1CCOC12CCN(Cc1ccco1)CC2. The van der Waals surface area contributed by atoms with Gasteiger partial charge < -0.3 is 18.8 Å². The van der Waals surface area contributed by atoms with Gasteiger partial charge in [0.05, 0.1) is 18.4 Å². The van der Waals surface area contributed by atoms with Crippen molar-refractivity contribution in [1.29, 1.82) is 0 Å². The first kappa shape index (κ1) is 18.4. The van der Waals surface area contributed by atoms with Crippen molar-refractivity contribution in [1.82, 2.24) is 9.80 Å². The summed E-state index contributed by atoms with van der Waals surface area (Å²) in [4.78, 5) is 15.6. The van der Waals surface area contributed by atoms with E-state index in [1.807, 2.05) is 12.1 Å². The third-order valence-corrected chi connectivity index (χ3v) is 5.60. The molecule has 1 atom stereocenters. The van der Waals surface area contributed by atoms with Crippen molar-refractivity contribution in [3.8, 4) is 0 Å². The molecule has 2 aliphatic rings. The number of hydrogen-bond donors (Lipinski definition) is 0. The van der Waals surface area contributed by atoms with Crippen LogP contribution in [0.4, 0.5) is 0 Å². The number of hydrogen-bond acceptors (Lipinski definition) is 5. The van der Waals surface area contributed by atoms with Gasteiger partial charge in [0.2, 0.25) is 5.91 Å². The maximum absolute atomic E-state index is 11.6. The van der Waals surface area contributed by atoms with Crippen LogP contribution in [0.2, 0.25) is 0 Å². The van der Waals surface area contributed by atoms with Gasteiger partial charge in [-0.1, -0.05) is 0 Å². The van der Waals surface area contributed by atoms with Crippen LogP contribution < -0.4 is 0 Å². The van der Waals surface area contributed by atoms with E-state index in [4.69, 9.17) is 13.9 Å². The molecule has 0 aliphatic carbocycles. The summed E-state index contributed by atoms with van der Waals surface area (Å²) in [6.07, 6.45) is 5.93. The van der Waals surface area contributed by atoms with E-state index in [9.17, 15) is 4.79 Å². The van der Waals surface area contributed by atoms with E-state index < -0.39 is 0 Å². The Morgan fingerprint density at radius 1 is 1.40 bits per heavy atom. The standard InChI is InChI=1S/C19H30N2O4/c1-20(2)18(22)15-23-12-5-16-6-13-25-19(16)7-9-21(10-8-19)14-17-4-3-11-24-17/h3-4,11,16H,5-10,12-15H2,1-2H3. The lowest BCUT2D eigenvalue weighted by Gasteiger charge is -2.42. The zero-order valence-electron chi connectivity index (χ0n) is 15.4. The highest BCUT2D eigenvalue weighted by Gasteiger charge is 2.45. The number of piperidine rings is 1. The Morgan fingerprint density at radius 3 is 2.88 bits per heavy atom. The minimum atomic E-state index is 0.00851. The molecule has 1 unspecified atom stereocenters. The fourth-order valence-corrected chi connectivity index (χ4v) is 3.97. The van der Waals surface area contributed by atoms with Crippen LogP contribution in [-0.4, -0.2) is 68.3 Å². The van der Waals surface area contributed by atoms with Gasteiger partial charge in [0, 0.05) is 40.4 Å². The molecule has 1 aromatic heterocycles. The highest BCUT2D eigenvalue weighted by Crippen LogP contribution is 2.42. The van der Waals surface area contributed by atoms with Crippen molar-refractivity contribution in [3.05, 3.63) is 24.2 Å². The molecule has 6 heteroatoms. The van der Waals surface area contributed by atoms with Gasteiger partial charge in [-0.2, -0.15) is 0 Å². The highest BCUT2D eigenvalue weighted by molar-refractivity contribution is 5.76. The fraction of sp³-hybridized carbons (Fsp3) is 0.737. The smallest absolute Gasteiger partial charge is 0.248 e. The van der Waals surface area contributed by atoms with Crippen LogP contribution in [0.1, 0.15) is 31.4 Å². The zero-order valence-corrected chi connectivity index (χ0v) is 15.4. The molecule has 0 saturated carbocycles. The lowest BCUT2D eigenvalue weighted by atomic mass is 9.78. The van der Waals surface area contributed by atoms with Crippen LogP contribution in [0.15, 0.2) is 22.8 Å². The van der Waals surface area contributed by atoms with E-state index in [-0.39, 0.29) is 18.1 Å². The van der Waals surface area contributed by atoms with E-state index in [0.29, 0.717) is 12.5 Å². The first-order valence-corrected chi connectivity index (χ1v) is 9.26. The quantitative estimate of drug-likeness (QED) is 0.705. The van der Waals surface area contributed by atoms with Crippen molar-refractivity contribution in [2.45, 2.75) is 37.8 Å². The average Bonchev–Trinajstić information content (AvgIpc) is 3.24. The Bertz CT molecular complexity index is 536. The van der Waals surface area contributed by atoms with Crippen molar-refractivity contribution < 1.29 is 18.7 Å². The van der Waals surface area contributed by atoms with E-state index in [1.165, 1.54) is 0 Å². The average molecular weight is 350 g/mol. The van der Waals surface area contributed by atoms with E-state index >= 15 is 0 Å². The summed E-state index contributed by atoms with van der Waals surface area (Å²) in [5.74, 6) is 1.58. The molecule has 2 aliphatic heterocycles. The first-order chi connectivity index (χ1) is 12.1. The number of nitrogens with zero attached hydrogens (tertiary/aromatic N) is 2. The minimum absolute atomic E-state index is 0.00851. The topological polar surface area (TPSA) is 55.2 Å². The van der Waals surface area contributed by atoms with Gasteiger partial charge in [-0.25, -0.2) is 0 Å². The van der Waals surface area contributed by atoms with E-state index in [2.05, 4.69) is 4.90 Å². The molecule has 3 rings (SSSR count). The molecule has 0 aromatic carbocycles. The van der Waals surface area contributed by atoms with Crippen LogP contribution in [0, 0.1) is 5.92 Å². The lowest BCUT2D eigenvalue weighted by Crippen LogP contribution is -2.47. The number of carbonyl (C=O) groups is 1. The Morgan fingerprint density at radius 2 is 2.20 bits per heavy atom. The Kier molecular flexibility index (Phi) is 6.15. The van der Waals surface area contributed by atoms with Gasteiger partial charge in [0.15, 0.2) is 0 Å². The number of likely N-dealkylation sites (tertiary alicyclic amines) is 1. The fourth-order valence-electron chi connectivity index (χ4n) is 3.97. The molecule has 2 fully saturated rings. The second-order valence-electron chi connectivity index (χ2n) is 7.38. The van der Waals surface area contributed by atoms with Crippen molar-refractivity contribution in [2.24, 2.45) is 5.92 Å². The normalized spacial score (nSPS) is 23.2. The molecule has 1 aromatic rings. The van der Waals surface area contributed by atoms with E-state index in [1.54, 1.807) is 25.3 Å². The van der Waals surface area contributed by atoms with Gasteiger partial charge >= 0.3 is 0 Å². The number of furan rings is 1. The number of amides is 1. The summed E-state index contributed by atoms with van der Waals surface area (Å²) in [7, 11) is 3.50. The Hall–Kier alpha value is -1.37. The summed E-state index contributed by atoms with van der Waals surface area (Å²) >= 11 is 0. The van der Waals surface area contributed by atoms with Crippen LogP contribution in [0.5, 0.6) is 0 Å². The predicted octanol–water partition coefficient (Wildman–Crippen LogP) is 2.15. The number of ether oxygens (including phenoxy) is 2. The van der Waals surface area contributed by atoms with Gasteiger partial charge in [-0.15, -0.1) is 0 Å². The number of carbonyl (C=O) groups excluding carboxylic acids is 1. The summed E-state index contributed by atoms with van der Waals surface area (Å²) in [5.41, 5.74) is 0.00851. The van der Waals surface area contributed by atoms with Gasteiger partial charge in [-0.05, 0) is 43.7 Å². The summed E-state index contributed by atoms with van der Waals surface area (Å²) in [6, 6.07) is 3.98. The molecule has 25 heavy (non-hydrogen) atoms. The van der Waals surface area contributed by atoms with Gasteiger partial charge in [-0.3, -0.25) is 9.69 Å². The van der Waals surface area contributed by atoms with Gasteiger partial charge in [0.25, 0.3) is 0 Å². The molecule has 1 amide bonds. The van der Waals surface area contributed by atoms with Crippen LogP contribution in [0.3, 0.4) is 0 Å². The lowest BCUT2D eigenvalue weighted by molar-refractivity contribution is -0.133. The van der Waals surface area contributed by atoms with Crippen LogP contribution >= 0.6 is 0 Å².